The number of hydrogen-bond donors (Lipinski definition) is 2. The molecule has 0 fully saturated rings. The van der Waals surface area contributed by atoms with Crippen molar-refractivity contribution in [3.8, 4) is 0 Å². The predicted molar refractivity (Wildman–Crippen MR) is 64.5 cm³/mol. The Morgan fingerprint density at radius 1 is 1.41 bits per heavy atom. The van der Waals surface area contributed by atoms with Crippen molar-refractivity contribution in [1.82, 2.24) is 4.72 Å². The van der Waals surface area contributed by atoms with Gasteiger partial charge in [0.05, 0.1) is 4.90 Å². The van der Waals surface area contributed by atoms with Crippen LogP contribution in [0.25, 0.3) is 0 Å². The van der Waals surface area contributed by atoms with Gasteiger partial charge in [0.2, 0.25) is 10.0 Å². The Morgan fingerprint density at radius 2 is 2.06 bits per heavy atom. The van der Waals surface area contributed by atoms with Crippen LogP contribution in [-0.2, 0) is 16.6 Å². The fourth-order valence-corrected chi connectivity index (χ4v) is 2.85. The zero-order valence-corrected chi connectivity index (χ0v) is 10.8. The van der Waals surface area contributed by atoms with Crippen LogP contribution in [0.15, 0.2) is 17.0 Å². The highest BCUT2D eigenvalue weighted by Gasteiger charge is 2.19. The molecule has 0 atom stereocenters. The monoisotopic (exact) mass is 260 g/mol. The summed E-state index contributed by atoms with van der Waals surface area (Å²) >= 11 is 0. The van der Waals surface area contributed by atoms with Crippen LogP contribution >= 0.6 is 0 Å². The summed E-state index contributed by atoms with van der Waals surface area (Å²) in [6.07, 6.45) is 0.678. The summed E-state index contributed by atoms with van der Waals surface area (Å²) in [6, 6.07) is 2.67. The van der Waals surface area contributed by atoms with E-state index in [9.17, 15) is 12.8 Å². The topological polar surface area (TPSA) is 72.2 Å². The average molecular weight is 260 g/mol. The van der Waals surface area contributed by atoms with Gasteiger partial charge in [-0.1, -0.05) is 6.92 Å². The minimum absolute atomic E-state index is 0.0357. The van der Waals surface area contributed by atoms with Crippen LogP contribution in [0, 0.1) is 12.7 Å². The molecule has 3 N–H and O–H groups in total. The van der Waals surface area contributed by atoms with Gasteiger partial charge in [-0.05, 0) is 31.0 Å². The molecule has 0 aliphatic rings. The van der Waals surface area contributed by atoms with Crippen LogP contribution in [0.4, 0.5) is 4.39 Å². The van der Waals surface area contributed by atoms with E-state index in [-0.39, 0.29) is 17.0 Å². The molecule has 96 valence electrons. The zero-order chi connectivity index (χ0) is 13.1. The van der Waals surface area contributed by atoms with Gasteiger partial charge in [-0.2, -0.15) is 0 Å². The third-order valence-corrected chi connectivity index (χ3v) is 4.01. The molecular formula is C11H17FN2O2S. The first kappa shape index (κ1) is 14.1. The third-order valence-electron chi connectivity index (χ3n) is 2.42. The highest BCUT2D eigenvalue weighted by atomic mass is 32.2. The van der Waals surface area contributed by atoms with Crippen LogP contribution < -0.4 is 10.5 Å². The largest absolute Gasteiger partial charge is 0.326 e. The van der Waals surface area contributed by atoms with E-state index in [1.807, 2.05) is 6.92 Å². The molecule has 6 heteroatoms. The first-order valence-electron chi connectivity index (χ1n) is 5.41. The molecule has 0 saturated carbocycles. The number of nitrogens with one attached hydrogen (secondary N) is 1. The minimum Gasteiger partial charge on any atom is -0.326 e. The van der Waals surface area contributed by atoms with Crippen molar-refractivity contribution in [3.05, 3.63) is 29.1 Å². The Morgan fingerprint density at radius 3 is 2.59 bits per heavy atom. The fraction of sp³-hybridized carbons (Fsp3) is 0.455. The molecule has 4 nitrogen and oxygen atoms in total. The first-order valence-corrected chi connectivity index (χ1v) is 6.89. The molecular weight excluding hydrogens is 243 g/mol. The summed E-state index contributed by atoms with van der Waals surface area (Å²) in [5.41, 5.74) is 5.98. The Hall–Kier alpha value is -0.980. The maximum Gasteiger partial charge on any atom is 0.240 e. The van der Waals surface area contributed by atoms with Gasteiger partial charge in [0.15, 0.2) is 0 Å². The Bertz CT molecular complexity index is 500. The number of benzene rings is 1. The van der Waals surface area contributed by atoms with E-state index in [1.54, 1.807) is 0 Å². The number of nitrogens with two attached hydrogens (primary N) is 1. The van der Waals surface area contributed by atoms with Crippen molar-refractivity contribution in [3.63, 3.8) is 0 Å². The fourth-order valence-electron chi connectivity index (χ4n) is 1.42. The molecule has 1 aromatic rings. The zero-order valence-electron chi connectivity index (χ0n) is 9.96. The maximum absolute atomic E-state index is 13.5. The molecule has 0 radical (unpaired) electrons. The summed E-state index contributed by atoms with van der Waals surface area (Å²) < 4.78 is 39.8. The van der Waals surface area contributed by atoms with Gasteiger partial charge in [-0.25, -0.2) is 17.5 Å². The van der Waals surface area contributed by atoms with Gasteiger partial charge in [-0.15, -0.1) is 0 Å². The van der Waals surface area contributed by atoms with Gasteiger partial charge in [0.25, 0.3) is 0 Å². The Balaban J connectivity index is 3.25. The lowest BCUT2D eigenvalue weighted by atomic mass is 10.1. The molecule has 0 aliphatic carbocycles. The normalized spacial score (nSPS) is 11.8. The second-order valence-electron chi connectivity index (χ2n) is 3.80. The highest BCUT2D eigenvalue weighted by molar-refractivity contribution is 7.89. The smallest absolute Gasteiger partial charge is 0.240 e. The summed E-state index contributed by atoms with van der Waals surface area (Å²) in [5, 5.41) is 0. The van der Waals surface area contributed by atoms with E-state index in [1.165, 1.54) is 19.1 Å². The molecule has 0 aliphatic heterocycles. The third kappa shape index (κ3) is 3.24. The average Bonchev–Trinajstić information content (AvgIpc) is 2.29. The van der Waals surface area contributed by atoms with Crippen LogP contribution in [0.1, 0.15) is 24.5 Å². The molecule has 1 aromatic carbocycles. The van der Waals surface area contributed by atoms with E-state index < -0.39 is 15.8 Å². The van der Waals surface area contributed by atoms with Crippen LogP contribution in [0.3, 0.4) is 0 Å². The van der Waals surface area contributed by atoms with Crippen molar-refractivity contribution < 1.29 is 12.8 Å². The van der Waals surface area contributed by atoms with Crippen molar-refractivity contribution >= 4 is 10.0 Å². The summed E-state index contributed by atoms with van der Waals surface area (Å²) in [5.74, 6) is -0.551. The van der Waals surface area contributed by atoms with Gasteiger partial charge in [-0.3, -0.25) is 0 Å². The van der Waals surface area contributed by atoms with E-state index in [4.69, 9.17) is 5.73 Å². The van der Waals surface area contributed by atoms with E-state index in [2.05, 4.69) is 4.72 Å². The number of halogens is 1. The summed E-state index contributed by atoms with van der Waals surface area (Å²) in [4.78, 5) is -0.0357. The first-order chi connectivity index (χ1) is 7.92. The number of rotatable bonds is 5. The molecule has 0 bridgehead atoms. The molecule has 0 unspecified atom stereocenters. The van der Waals surface area contributed by atoms with Crippen LogP contribution in [0.2, 0.25) is 0 Å². The SMILES string of the molecule is CCCNS(=O)(=O)c1cc(CN)cc(F)c1C. The second kappa shape index (κ2) is 5.57. The Labute approximate surface area is 101 Å². The lowest BCUT2D eigenvalue weighted by Crippen LogP contribution is -2.25. The quantitative estimate of drug-likeness (QED) is 0.837. The Kier molecular flexibility index (Phi) is 4.62. The second-order valence-corrected chi connectivity index (χ2v) is 5.54. The molecule has 0 aromatic heterocycles. The molecule has 0 amide bonds. The predicted octanol–water partition coefficient (Wildman–Crippen LogP) is 1.28. The van der Waals surface area contributed by atoms with E-state index in [0.29, 0.717) is 18.5 Å². The van der Waals surface area contributed by atoms with Gasteiger partial charge < -0.3 is 5.73 Å². The van der Waals surface area contributed by atoms with Crippen molar-refractivity contribution in [2.45, 2.75) is 31.7 Å². The van der Waals surface area contributed by atoms with Gasteiger partial charge in [0, 0.05) is 18.7 Å². The van der Waals surface area contributed by atoms with Crippen LogP contribution in [0.5, 0.6) is 0 Å². The number of hydrogen-bond acceptors (Lipinski definition) is 3. The van der Waals surface area contributed by atoms with E-state index >= 15 is 0 Å². The van der Waals surface area contributed by atoms with Crippen molar-refractivity contribution in [2.75, 3.05) is 6.54 Å². The molecule has 0 spiro atoms. The van der Waals surface area contributed by atoms with Crippen LogP contribution in [-0.4, -0.2) is 15.0 Å². The molecule has 0 heterocycles. The molecule has 0 saturated heterocycles. The van der Waals surface area contributed by atoms with Crippen molar-refractivity contribution in [2.24, 2.45) is 5.73 Å². The molecule has 1 rings (SSSR count). The summed E-state index contributed by atoms with van der Waals surface area (Å²) in [7, 11) is -3.65. The van der Waals surface area contributed by atoms with E-state index in [0.717, 1.165) is 0 Å². The number of sulfonamides is 1. The highest BCUT2D eigenvalue weighted by Crippen LogP contribution is 2.20. The van der Waals surface area contributed by atoms with Gasteiger partial charge >= 0.3 is 0 Å². The standard InChI is InChI=1S/C11H17FN2O2S/c1-3-4-14-17(15,16)11-6-9(7-13)5-10(12)8(11)2/h5-6,14H,3-4,7,13H2,1-2H3. The molecule has 17 heavy (non-hydrogen) atoms. The van der Waals surface area contributed by atoms with Crippen molar-refractivity contribution in [1.29, 1.82) is 0 Å². The lowest BCUT2D eigenvalue weighted by molar-refractivity contribution is 0.573. The lowest BCUT2D eigenvalue weighted by Gasteiger charge is -2.11. The minimum atomic E-state index is -3.65. The van der Waals surface area contributed by atoms with Gasteiger partial charge in [0.1, 0.15) is 5.82 Å². The maximum atomic E-state index is 13.5. The summed E-state index contributed by atoms with van der Waals surface area (Å²) in [6.45, 7) is 3.73.